The van der Waals surface area contributed by atoms with Crippen molar-refractivity contribution in [2.24, 2.45) is 0 Å². The van der Waals surface area contributed by atoms with Gasteiger partial charge in [-0.3, -0.25) is 0 Å². The lowest BCUT2D eigenvalue weighted by molar-refractivity contribution is 0.191. The van der Waals surface area contributed by atoms with Crippen molar-refractivity contribution in [1.82, 2.24) is 5.32 Å². The smallest absolute Gasteiger partial charge is 0.0636 e. The Labute approximate surface area is 92.3 Å². The van der Waals surface area contributed by atoms with Crippen LogP contribution in [0.3, 0.4) is 0 Å². The summed E-state index contributed by atoms with van der Waals surface area (Å²) < 4.78 is 0. The summed E-state index contributed by atoms with van der Waals surface area (Å²) in [6.45, 7) is 5.68. The Bertz CT molecular complexity index is 258. The molecule has 15 heavy (non-hydrogen) atoms. The minimum Gasteiger partial charge on any atom is -0.392 e. The molecule has 0 heterocycles. The average Bonchev–Trinajstić information content (AvgIpc) is 2.25. The topological polar surface area (TPSA) is 32.3 Å². The Hall–Kier alpha value is -0.860. The average molecular weight is 207 g/mol. The standard InChI is InChI=1S/C13H21NO/c1-11(8-9-14-10-12(2)15)13-6-4-3-5-7-13/h3-7,11-12,14-15H,8-10H2,1-2H3/t11?,12-/m1/s1. The van der Waals surface area contributed by atoms with Crippen LogP contribution in [0.2, 0.25) is 0 Å². The van der Waals surface area contributed by atoms with Crippen LogP contribution in [0.4, 0.5) is 0 Å². The predicted octanol–water partition coefficient (Wildman–Crippen LogP) is 2.15. The van der Waals surface area contributed by atoms with Crippen LogP contribution >= 0.6 is 0 Å². The highest BCUT2D eigenvalue weighted by molar-refractivity contribution is 5.18. The van der Waals surface area contributed by atoms with E-state index in [2.05, 4.69) is 36.5 Å². The summed E-state index contributed by atoms with van der Waals surface area (Å²) in [4.78, 5) is 0. The van der Waals surface area contributed by atoms with E-state index in [1.807, 2.05) is 6.07 Å². The third-order valence-corrected chi connectivity index (χ3v) is 2.56. The fourth-order valence-corrected chi connectivity index (χ4v) is 1.58. The number of nitrogens with one attached hydrogen (secondary N) is 1. The summed E-state index contributed by atoms with van der Waals surface area (Å²) in [5, 5.41) is 12.3. The van der Waals surface area contributed by atoms with Crippen molar-refractivity contribution >= 4 is 0 Å². The highest BCUT2D eigenvalue weighted by Crippen LogP contribution is 2.17. The van der Waals surface area contributed by atoms with Crippen LogP contribution in [0.5, 0.6) is 0 Å². The van der Waals surface area contributed by atoms with E-state index in [0.717, 1.165) is 13.0 Å². The Balaban J connectivity index is 2.22. The SMILES string of the molecule is CC(CCNC[C@@H](C)O)c1ccccc1. The number of hydrogen-bond donors (Lipinski definition) is 2. The molecule has 0 bridgehead atoms. The van der Waals surface area contributed by atoms with Gasteiger partial charge in [-0.05, 0) is 31.4 Å². The van der Waals surface area contributed by atoms with Crippen molar-refractivity contribution in [3.63, 3.8) is 0 Å². The normalized spacial score (nSPS) is 14.9. The summed E-state index contributed by atoms with van der Waals surface area (Å²) in [5.41, 5.74) is 1.39. The molecule has 2 nitrogen and oxygen atoms in total. The lowest BCUT2D eigenvalue weighted by atomic mass is 9.98. The molecule has 0 saturated heterocycles. The minimum absolute atomic E-state index is 0.253. The molecule has 1 rings (SSSR count). The summed E-state index contributed by atoms with van der Waals surface area (Å²) in [5.74, 6) is 0.577. The highest BCUT2D eigenvalue weighted by Gasteiger charge is 2.04. The first-order chi connectivity index (χ1) is 7.20. The zero-order valence-corrected chi connectivity index (χ0v) is 9.61. The van der Waals surface area contributed by atoms with E-state index >= 15 is 0 Å². The van der Waals surface area contributed by atoms with Gasteiger partial charge in [0.2, 0.25) is 0 Å². The lowest BCUT2D eigenvalue weighted by Crippen LogP contribution is -2.25. The molecule has 0 spiro atoms. The van der Waals surface area contributed by atoms with Gasteiger partial charge in [-0.15, -0.1) is 0 Å². The first-order valence-corrected chi connectivity index (χ1v) is 5.64. The van der Waals surface area contributed by atoms with Crippen molar-refractivity contribution in [2.75, 3.05) is 13.1 Å². The molecule has 84 valence electrons. The van der Waals surface area contributed by atoms with Crippen molar-refractivity contribution in [3.8, 4) is 0 Å². The van der Waals surface area contributed by atoms with Gasteiger partial charge >= 0.3 is 0 Å². The van der Waals surface area contributed by atoms with Crippen LogP contribution in [0.25, 0.3) is 0 Å². The van der Waals surface area contributed by atoms with E-state index in [-0.39, 0.29) is 6.10 Å². The Morgan fingerprint density at radius 3 is 2.47 bits per heavy atom. The van der Waals surface area contributed by atoms with Crippen LogP contribution in [-0.4, -0.2) is 24.3 Å². The zero-order chi connectivity index (χ0) is 11.1. The summed E-state index contributed by atoms with van der Waals surface area (Å²) in [6.07, 6.45) is 0.855. The van der Waals surface area contributed by atoms with Crippen LogP contribution in [-0.2, 0) is 0 Å². The van der Waals surface area contributed by atoms with Gasteiger partial charge in [0.05, 0.1) is 6.10 Å². The van der Waals surface area contributed by atoms with Crippen molar-refractivity contribution < 1.29 is 5.11 Å². The first-order valence-electron chi connectivity index (χ1n) is 5.64. The van der Waals surface area contributed by atoms with Gasteiger partial charge in [0, 0.05) is 6.54 Å². The predicted molar refractivity (Wildman–Crippen MR) is 64.0 cm³/mol. The van der Waals surface area contributed by atoms with Gasteiger partial charge in [0.15, 0.2) is 0 Å². The van der Waals surface area contributed by atoms with Crippen molar-refractivity contribution in [1.29, 1.82) is 0 Å². The van der Waals surface area contributed by atoms with Crippen LogP contribution in [0, 0.1) is 0 Å². The molecule has 2 atom stereocenters. The largest absolute Gasteiger partial charge is 0.392 e. The maximum absolute atomic E-state index is 9.07. The van der Waals surface area contributed by atoms with Crippen molar-refractivity contribution in [2.45, 2.75) is 32.3 Å². The van der Waals surface area contributed by atoms with E-state index in [9.17, 15) is 0 Å². The highest BCUT2D eigenvalue weighted by atomic mass is 16.3. The van der Waals surface area contributed by atoms with Gasteiger partial charge in [-0.1, -0.05) is 37.3 Å². The van der Waals surface area contributed by atoms with Crippen LogP contribution in [0.15, 0.2) is 30.3 Å². The van der Waals surface area contributed by atoms with Gasteiger partial charge in [0.25, 0.3) is 0 Å². The summed E-state index contributed by atoms with van der Waals surface area (Å²) in [7, 11) is 0. The van der Waals surface area contributed by atoms with Crippen LogP contribution in [0.1, 0.15) is 31.7 Å². The van der Waals surface area contributed by atoms with E-state index in [4.69, 9.17) is 5.11 Å². The number of hydrogen-bond acceptors (Lipinski definition) is 2. The fourth-order valence-electron chi connectivity index (χ4n) is 1.58. The molecule has 0 aliphatic heterocycles. The molecule has 2 heteroatoms. The zero-order valence-electron chi connectivity index (χ0n) is 9.61. The third kappa shape index (κ3) is 4.96. The Morgan fingerprint density at radius 1 is 1.20 bits per heavy atom. The van der Waals surface area contributed by atoms with Gasteiger partial charge < -0.3 is 10.4 Å². The van der Waals surface area contributed by atoms with Gasteiger partial charge in [-0.25, -0.2) is 0 Å². The summed E-state index contributed by atoms with van der Waals surface area (Å²) in [6, 6.07) is 10.5. The number of benzene rings is 1. The molecule has 0 aliphatic rings. The molecule has 1 unspecified atom stereocenters. The first kappa shape index (κ1) is 12.2. The Morgan fingerprint density at radius 2 is 1.87 bits per heavy atom. The maximum Gasteiger partial charge on any atom is 0.0636 e. The quantitative estimate of drug-likeness (QED) is 0.701. The molecule has 1 aromatic rings. The molecule has 0 aliphatic carbocycles. The molecule has 1 aromatic carbocycles. The van der Waals surface area contributed by atoms with E-state index < -0.39 is 0 Å². The second-order valence-electron chi connectivity index (χ2n) is 4.15. The number of aliphatic hydroxyl groups excluding tert-OH is 1. The van der Waals surface area contributed by atoms with Crippen LogP contribution < -0.4 is 5.32 Å². The third-order valence-electron chi connectivity index (χ3n) is 2.56. The lowest BCUT2D eigenvalue weighted by Gasteiger charge is -2.12. The molecule has 0 radical (unpaired) electrons. The van der Waals surface area contributed by atoms with E-state index in [0.29, 0.717) is 12.5 Å². The number of aliphatic hydroxyl groups is 1. The molecule has 2 N–H and O–H groups in total. The second-order valence-corrected chi connectivity index (χ2v) is 4.15. The number of rotatable bonds is 6. The van der Waals surface area contributed by atoms with E-state index in [1.165, 1.54) is 5.56 Å². The van der Waals surface area contributed by atoms with Crippen molar-refractivity contribution in [3.05, 3.63) is 35.9 Å². The Kier molecular flexibility index (Phi) is 5.37. The monoisotopic (exact) mass is 207 g/mol. The van der Waals surface area contributed by atoms with E-state index in [1.54, 1.807) is 6.92 Å². The molecule has 0 amide bonds. The second kappa shape index (κ2) is 6.59. The van der Waals surface area contributed by atoms with Gasteiger partial charge in [0.1, 0.15) is 0 Å². The minimum atomic E-state index is -0.253. The molecular formula is C13H21NO. The molecule has 0 fully saturated rings. The molecule has 0 aromatic heterocycles. The molecular weight excluding hydrogens is 186 g/mol. The maximum atomic E-state index is 9.07. The summed E-state index contributed by atoms with van der Waals surface area (Å²) >= 11 is 0. The van der Waals surface area contributed by atoms with Gasteiger partial charge in [-0.2, -0.15) is 0 Å². The molecule has 0 saturated carbocycles. The fraction of sp³-hybridized carbons (Fsp3) is 0.538.